The lowest BCUT2D eigenvalue weighted by atomic mass is 9.93. The zero-order valence-corrected chi connectivity index (χ0v) is 19.7. The van der Waals surface area contributed by atoms with Gasteiger partial charge in [-0.3, -0.25) is 4.79 Å². The predicted molar refractivity (Wildman–Crippen MR) is 121 cm³/mol. The van der Waals surface area contributed by atoms with E-state index in [1.165, 1.54) is 24.3 Å². The minimum absolute atomic E-state index is 0.0457. The van der Waals surface area contributed by atoms with E-state index in [1.807, 2.05) is 33.8 Å². The molecule has 1 unspecified atom stereocenters. The molecule has 1 N–H and O–H groups in total. The number of carbonyl (C=O) groups excluding carboxylic acids is 2. The van der Waals surface area contributed by atoms with Gasteiger partial charge in [0, 0.05) is 18.7 Å². The Balaban J connectivity index is 1.60. The lowest BCUT2D eigenvalue weighted by Crippen LogP contribution is -2.31. The number of aryl methyl sites for hydroxylation is 1. The number of sulfonamides is 1. The molecule has 1 aliphatic heterocycles. The summed E-state index contributed by atoms with van der Waals surface area (Å²) in [6.45, 7) is 8.27. The smallest absolute Gasteiger partial charge is 0.338 e. The molecule has 3 rings (SSSR count). The highest BCUT2D eigenvalue weighted by molar-refractivity contribution is 7.89. The topological polar surface area (TPSA) is 98.8 Å². The van der Waals surface area contributed by atoms with Crippen LogP contribution in [0.2, 0.25) is 0 Å². The molecule has 0 amide bonds. The van der Waals surface area contributed by atoms with E-state index in [4.69, 9.17) is 9.47 Å². The second-order valence-corrected chi connectivity index (χ2v) is 9.89. The lowest BCUT2D eigenvalue weighted by molar-refractivity contribution is 0.0474. The Morgan fingerprint density at radius 1 is 1.06 bits per heavy atom. The van der Waals surface area contributed by atoms with Crippen molar-refractivity contribution < 1.29 is 27.5 Å². The van der Waals surface area contributed by atoms with Crippen molar-refractivity contribution in [2.24, 2.45) is 0 Å². The Morgan fingerprint density at radius 3 is 2.38 bits per heavy atom. The van der Waals surface area contributed by atoms with E-state index in [0.29, 0.717) is 12.2 Å². The number of benzene rings is 2. The van der Waals surface area contributed by atoms with Gasteiger partial charge >= 0.3 is 5.97 Å². The molecule has 1 aliphatic rings. The molecule has 8 heteroatoms. The van der Waals surface area contributed by atoms with Gasteiger partial charge in [-0.05, 0) is 93.1 Å². The van der Waals surface area contributed by atoms with E-state index in [1.54, 1.807) is 0 Å². The summed E-state index contributed by atoms with van der Waals surface area (Å²) in [5, 5.41) is 0. The van der Waals surface area contributed by atoms with Crippen LogP contribution in [0.5, 0.6) is 0 Å². The van der Waals surface area contributed by atoms with Gasteiger partial charge in [0.25, 0.3) is 0 Å². The summed E-state index contributed by atoms with van der Waals surface area (Å²) < 4.78 is 38.0. The maximum absolute atomic E-state index is 12.6. The van der Waals surface area contributed by atoms with Gasteiger partial charge in [0.15, 0.2) is 6.61 Å². The first-order valence-corrected chi connectivity index (χ1v) is 12.1. The van der Waals surface area contributed by atoms with E-state index in [9.17, 15) is 18.0 Å². The minimum Gasteiger partial charge on any atom is -0.454 e. The molecular weight excluding hydrogens is 430 g/mol. The highest BCUT2D eigenvalue weighted by atomic mass is 32.2. The Morgan fingerprint density at radius 2 is 1.75 bits per heavy atom. The summed E-state index contributed by atoms with van der Waals surface area (Å²) in [7, 11) is -3.70. The second kappa shape index (κ2) is 9.94. The molecule has 0 bridgehead atoms. The number of carbonyl (C=O) groups is 2. The number of hydrogen-bond donors (Lipinski definition) is 1. The normalized spacial score (nSPS) is 16.2. The van der Waals surface area contributed by atoms with Gasteiger partial charge < -0.3 is 9.47 Å². The molecule has 32 heavy (non-hydrogen) atoms. The van der Waals surface area contributed by atoms with Gasteiger partial charge in [0.1, 0.15) is 0 Å². The number of nitrogens with one attached hydrogen (secondary N) is 1. The fraction of sp³-hybridized carbons (Fsp3) is 0.417. The third-order valence-corrected chi connectivity index (χ3v) is 7.48. The Kier molecular flexibility index (Phi) is 7.48. The monoisotopic (exact) mass is 459 g/mol. The van der Waals surface area contributed by atoms with Crippen LogP contribution in [0.25, 0.3) is 0 Å². The molecular formula is C24H29NO6S. The Hall–Kier alpha value is -2.55. The highest BCUT2D eigenvalue weighted by Gasteiger charge is 2.21. The zero-order valence-electron chi connectivity index (χ0n) is 18.9. The van der Waals surface area contributed by atoms with Crippen LogP contribution in [0.1, 0.15) is 55.8 Å². The fourth-order valence-corrected chi connectivity index (χ4v) is 4.72. The zero-order chi connectivity index (χ0) is 23.5. The lowest BCUT2D eigenvalue weighted by Gasteiger charge is -2.14. The SMILES string of the molecule is Cc1cc(C(=O)COC(=O)c2ccc(S(=O)(=O)NCC3CCCO3)cc2)c(C)c(C)c1C. The van der Waals surface area contributed by atoms with Crippen molar-refractivity contribution in [3.8, 4) is 0 Å². The van der Waals surface area contributed by atoms with Crippen molar-refractivity contribution in [1.82, 2.24) is 4.72 Å². The Labute approximate surface area is 189 Å². The summed E-state index contributed by atoms with van der Waals surface area (Å²) in [4.78, 5) is 25.0. The van der Waals surface area contributed by atoms with E-state index < -0.39 is 16.0 Å². The van der Waals surface area contributed by atoms with Crippen LogP contribution in [0, 0.1) is 27.7 Å². The van der Waals surface area contributed by atoms with E-state index in [2.05, 4.69) is 4.72 Å². The van der Waals surface area contributed by atoms with E-state index in [-0.39, 0.29) is 35.5 Å². The van der Waals surface area contributed by atoms with E-state index >= 15 is 0 Å². The molecule has 172 valence electrons. The summed E-state index contributed by atoms with van der Waals surface area (Å²) in [5.41, 5.74) is 4.77. The largest absolute Gasteiger partial charge is 0.454 e. The van der Waals surface area contributed by atoms with Crippen molar-refractivity contribution in [2.75, 3.05) is 19.8 Å². The Bertz CT molecular complexity index is 1120. The van der Waals surface area contributed by atoms with Gasteiger partial charge in [-0.1, -0.05) is 0 Å². The molecule has 2 aromatic rings. The molecule has 1 fully saturated rings. The number of ketones is 1. The first-order chi connectivity index (χ1) is 15.1. The molecule has 1 heterocycles. The first-order valence-electron chi connectivity index (χ1n) is 10.6. The van der Waals surface area contributed by atoms with Crippen molar-refractivity contribution in [3.05, 3.63) is 63.7 Å². The van der Waals surface area contributed by atoms with Gasteiger partial charge in [-0.15, -0.1) is 0 Å². The fourth-order valence-electron chi connectivity index (χ4n) is 3.66. The predicted octanol–water partition coefficient (Wildman–Crippen LogP) is 3.42. The molecule has 0 aliphatic carbocycles. The number of rotatable bonds is 8. The highest BCUT2D eigenvalue weighted by Crippen LogP contribution is 2.22. The van der Waals surface area contributed by atoms with Gasteiger partial charge in [-0.25, -0.2) is 17.9 Å². The van der Waals surface area contributed by atoms with Crippen LogP contribution in [-0.4, -0.2) is 46.0 Å². The molecule has 2 aromatic carbocycles. The molecule has 0 saturated carbocycles. The van der Waals surface area contributed by atoms with Gasteiger partial charge in [0.05, 0.1) is 16.6 Å². The average molecular weight is 460 g/mol. The molecule has 1 saturated heterocycles. The number of hydrogen-bond acceptors (Lipinski definition) is 6. The van der Waals surface area contributed by atoms with Crippen LogP contribution >= 0.6 is 0 Å². The quantitative estimate of drug-likeness (QED) is 0.480. The molecule has 1 atom stereocenters. The summed E-state index contributed by atoms with van der Waals surface area (Å²) in [6, 6.07) is 7.25. The summed E-state index contributed by atoms with van der Waals surface area (Å²) >= 11 is 0. The van der Waals surface area contributed by atoms with Crippen molar-refractivity contribution in [1.29, 1.82) is 0 Å². The maximum Gasteiger partial charge on any atom is 0.338 e. The summed E-state index contributed by atoms with van der Waals surface area (Å²) in [6.07, 6.45) is 1.64. The van der Waals surface area contributed by atoms with Gasteiger partial charge in [0.2, 0.25) is 15.8 Å². The van der Waals surface area contributed by atoms with E-state index in [0.717, 1.165) is 35.1 Å². The maximum atomic E-state index is 12.6. The third kappa shape index (κ3) is 5.43. The van der Waals surface area contributed by atoms with Crippen LogP contribution in [-0.2, 0) is 19.5 Å². The molecule has 0 spiro atoms. The van der Waals surface area contributed by atoms with Crippen LogP contribution in [0.4, 0.5) is 0 Å². The molecule has 7 nitrogen and oxygen atoms in total. The van der Waals surface area contributed by atoms with Gasteiger partial charge in [-0.2, -0.15) is 0 Å². The third-order valence-electron chi connectivity index (χ3n) is 6.04. The second-order valence-electron chi connectivity index (χ2n) is 8.13. The minimum atomic E-state index is -3.70. The molecule has 0 aromatic heterocycles. The van der Waals surface area contributed by atoms with Crippen molar-refractivity contribution in [3.63, 3.8) is 0 Å². The standard InChI is InChI=1S/C24H29NO6S/c1-15-12-22(18(4)17(3)16(15)2)23(26)14-31-24(27)19-7-9-21(10-8-19)32(28,29)25-13-20-6-5-11-30-20/h7-10,12,20,25H,5-6,11,13-14H2,1-4H3. The van der Waals surface area contributed by atoms with Crippen LogP contribution in [0.15, 0.2) is 35.2 Å². The van der Waals surface area contributed by atoms with Crippen LogP contribution in [0.3, 0.4) is 0 Å². The average Bonchev–Trinajstić information content (AvgIpc) is 3.31. The number of Topliss-reactive ketones (excluding diaryl/α,β-unsaturated/α-hetero) is 1. The van der Waals surface area contributed by atoms with Crippen LogP contribution < -0.4 is 4.72 Å². The number of esters is 1. The summed E-state index contributed by atoms with van der Waals surface area (Å²) in [5.74, 6) is -0.965. The van der Waals surface area contributed by atoms with Crippen molar-refractivity contribution in [2.45, 2.75) is 51.5 Å². The first kappa shape index (κ1) is 24.1. The molecule has 0 radical (unpaired) electrons. The van der Waals surface area contributed by atoms with Crippen molar-refractivity contribution >= 4 is 21.8 Å². The number of ether oxygens (including phenoxy) is 2.